The Kier molecular flexibility index (Phi) is 4.62. The van der Waals surface area contributed by atoms with Gasteiger partial charge in [-0.05, 0) is 20.3 Å². The molecule has 1 unspecified atom stereocenters. The van der Waals surface area contributed by atoms with Crippen LogP contribution in [0.5, 0.6) is 0 Å². The lowest BCUT2D eigenvalue weighted by Gasteiger charge is -2.12. The first-order valence-electron chi connectivity index (χ1n) is 4.95. The standard InChI is InChI=1S/C10H19N3O/c1-8(4-5-14-3)11-6-10-9(2)12-7-13-10/h7-8,11H,4-6H2,1-3H3,(H,12,13). The third kappa shape index (κ3) is 3.47. The van der Waals surface area contributed by atoms with E-state index in [2.05, 4.69) is 22.2 Å². The second-order valence-electron chi connectivity index (χ2n) is 3.54. The van der Waals surface area contributed by atoms with Crippen LogP contribution in [-0.4, -0.2) is 29.7 Å². The second-order valence-corrected chi connectivity index (χ2v) is 3.54. The van der Waals surface area contributed by atoms with Crippen LogP contribution >= 0.6 is 0 Å². The van der Waals surface area contributed by atoms with E-state index in [-0.39, 0.29) is 0 Å². The minimum atomic E-state index is 0.464. The maximum absolute atomic E-state index is 5.01. The van der Waals surface area contributed by atoms with Crippen LogP contribution in [0.2, 0.25) is 0 Å². The molecule has 0 saturated heterocycles. The van der Waals surface area contributed by atoms with Crippen molar-refractivity contribution in [2.75, 3.05) is 13.7 Å². The molecule has 0 aromatic carbocycles. The maximum Gasteiger partial charge on any atom is 0.0925 e. The lowest BCUT2D eigenvalue weighted by atomic mass is 10.2. The van der Waals surface area contributed by atoms with E-state index in [1.54, 1.807) is 13.4 Å². The van der Waals surface area contributed by atoms with Gasteiger partial charge in [0, 0.05) is 32.0 Å². The van der Waals surface area contributed by atoms with Crippen molar-refractivity contribution in [1.29, 1.82) is 0 Å². The minimum Gasteiger partial charge on any atom is -0.385 e. The van der Waals surface area contributed by atoms with Gasteiger partial charge in [0.2, 0.25) is 0 Å². The number of hydrogen-bond acceptors (Lipinski definition) is 3. The van der Waals surface area contributed by atoms with Crippen LogP contribution in [0.4, 0.5) is 0 Å². The molecule has 2 N–H and O–H groups in total. The molecule has 0 fully saturated rings. The van der Waals surface area contributed by atoms with E-state index in [0.29, 0.717) is 6.04 Å². The largest absolute Gasteiger partial charge is 0.385 e. The van der Waals surface area contributed by atoms with Crippen LogP contribution in [0.1, 0.15) is 24.7 Å². The van der Waals surface area contributed by atoms with E-state index in [1.165, 1.54) is 0 Å². The van der Waals surface area contributed by atoms with Crippen molar-refractivity contribution in [3.8, 4) is 0 Å². The number of rotatable bonds is 6. The number of nitrogens with one attached hydrogen (secondary N) is 2. The van der Waals surface area contributed by atoms with Crippen LogP contribution < -0.4 is 5.32 Å². The van der Waals surface area contributed by atoms with Gasteiger partial charge < -0.3 is 15.0 Å². The predicted molar refractivity (Wildman–Crippen MR) is 56.1 cm³/mol. The Hall–Kier alpha value is -0.870. The molecule has 80 valence electrons. The van der Waals surface area contributed by atoms with Crippen molar-refractivity contribution < 1.29 is 4.74 Å². The zero-order valence-electron chi connectivity index (χ0n) is 9.13. The molecule has 4 nitrogen and oxygen atoms in total. The summed E-state index contributed by atoms with van der Waals surface area (Å²) >= 11 is 0. The van der Waals surface area contributed by atoms with Crippen molar-refractivity contribution in [2.45, 2.75) is 32.9 Å². The van der Waals surface area contributed by atoms with Gasteiger partial charge in [-0.1, -0.05) is 0 Å². The summed E-state index contributed by atoms with van der Waals surface area (Å²) in [5.41, 5.74) is 2.23. The van der Waals surface area contributed by atoms with Gasteiger partial charge >= 0.3 is 0 Å². The highest BCUT2D eigenvalue weighted by Crippen LogP contribution is 2.00. The molecular weight excluding hydrogens is 178 g/mol. The molecule has 0 spiro atoms. The van der Waals surface area contributed by atoms with Gasteiger partial charge in [0.15, 0.2) is 0 Å². The van der Waals surface area contributed by atoms with Gasteiger partial charge in [-0.25, -0.2) is 4.98 Å². The van der Waals surface area contributed by atoms with Gasteiger partial charge in [-0.3, -0.25) is 0 Å². The Morgan fingerprint density at radius 2 is 2.43 bits per heavy atom. The van der Waals surface area contributed by atoms with Crippen LogP contribution in [0, 0.1) is 6.92 Å². The van der Waals surface area contributed by atoms with E-state index in [0.717, 1.165) is 31.0 Å². The van der Waals surface area contributed by atoms with Crippen molar-refractivity contribution in [1.82, 2.24) is 15.3 Å². The first kappa shape index (κ1) is 11.2. The Bertz CT molecular complexity index is 260. The van der Waals surface area contributed by atoms with E-state index in [4.69, 9.17) is 4.74 Å². The topological polar surface area (TPSA) is 49.9 Å². The molecule has 1 heterocycles. The highest BCUT2D eigenvalue weighted by molar-refractivity contribution is 5.08. The molecule has 0 amide bonds. The monoisotopic (exact) mass is 197 g/mol. The third-order valence-corrected chi connectivity index (χ3v) is 2.31. The summed E-state index contributed by atoms with van der Waals surface area (Å²) in [5, 5.41) is 3.40. The van der Waals surface area contributed by atoms with Crippen molar-refractivity contribution in [3.05, 3.63) is 17.7 Å². The van der Waals surface area contributed by atoms with Gasteiger partial charge in [0.05, 0.1) is 12.0 Å². The SMILES string of the molecule is COCCC(C)NCc1nc[nH]c1C. The number of aryl methyl sites for hydroxylation is 1. The number of nitrogens with zero attached hydrogens (tertiary/aromatic N) is 1. The molecule has 1 rings (SSSR count). The molecule has 1 aromatic heterocycles. The van der Waals surface area contributed by atoms with Gasteiger partial charge in [-0.15, -0.1) is 0 Å². The summed E-state index contributed by atoms with van der Waals surface area (Å²) in [6.45, 7) is 5.80. The second kappa shape index (κ2) is 5.78. The average molecular weight is 197 g/mol. The molecule has 0 saturated carbocycles. The smallest absolute Gasteiger partial charge is 0.0925 e. The first-order chi connectivity index (χ1) is 6.74. The zero-order chi connectivity index (χ0) is 10.4. The fourth-order valence-corrected chi connectivity index (χ4v) is 1.23. The summed E-state index contributed by atoms with van der Waals surface area (Å²) in [7, 11) is 1.73. The number of aromatic nitrogens is 2. The third-order valence-electron chi connectivity index (χ3n) is 2.31. The Morgan fingerprint density at radius 3 is 3.00 bits per heavy atom. The first-order valence-corrected chi connectivity index (χ1v) is 4.95. The number of methoxy groups -OCH3 is 1. The predicted octanol–water partition coefficient (Wildman–Crippen LogP) is 1.23. The highest BCUT2D eigenvalue weighted by atomic mass is 16.5. The summed E-state index contributed by atoms with van der Waals surface area (Å²) < 4.78 is 5.01. The molecule has 0 aliphatic carbocycles. The number of hydrogen-bond donors (Lipinski definition) is 2. The molecule has 0 radical (unpaired) electrons. The lowest BCUT2D eigenvalue weighted by molar-refractivity contribution is 0.184. The van der Waals surface area contributed by atoms with Crippen LogP contribution in [-0.2, 0) is 11.3 Å². The Labute approximate surface area is 85.1 Å². The number of ether oxygens (including phenoxy) is 1. The lowest BCUT2D eigenvalue weighted by Crippen LogP contribution is -2.27. The fraction of sp³-hybridized carbons (Fsp3) is 0.700. The maximum atomic E-state index is 5.01. The van der Waals surface area contributed by atoms with E-state index in [9.17, 15) is 0 Å². The molecule has 1 atom stereocenters. The van der Waals surface area contributed by atoms with E-state index >= 15 is 0 Å². The van der Waals surface area contributed by atoms with E-state index < -0.39 is 0 Å². The molecule has 0 aliphatic rings. The normalized spacial score (nSPS) is 13.1. The summed E-state index contributed by atoms with van der Waals surface area (Å²) in [6.07, 6.45) is 2.76. The Balaban J connectivity index is 2.23. The van der Waals surface area contributed by atoms with Crippen molar-refractivity contribution in [2.24, 2.45) is 0 Å². The van der Waals surface area contributed by atoms with Gasteiger partial charge in [-0.2, -0.15) is 0 Å². The Morgan fingerprint density at radius 1 is 1.64 bits per heavy atom. The summed E-state index contributed by atoms with van der Waals surface area (Å²) in [4.78, 5) is 7.28. The number of aromatic amines is 1. The van der Waals surface area contributed by atoms with Crippen molar-refractivity contribution >= 4 is 0 Å². The van der Waals surface area contributed by atoms with Crippen LogP contribution in [0.15, 0.2) is 6.33 Å². The zero-order valence-corrected chi connectivity index (χ0v) is 9.13. The average Bonchev–Trinajstić information content (AvgIpc) is 2.58. The van der Waals surface area contributed by atoms with E-state index in [1.807, 2.05) is 6.92 Å². The summed E-state index contributed by atoms with van der Waals surface area (Å²) in [5.74, 6) is 0. The fourth-order valence-electron chi connectivity index (χ4n) is 1.23. The number of H-pyrrole nitrogens is 1. The summed E-state index contributed by atoms with van der Waals surface area (Å²) in [6, 6.07) is 0.464. The van der Waals surface area contributed by atoms with Gasteiger partial charge in [0.25, 0.3) is 0 Å². The molecule has 4 heteroatoms. The van der Waals surface area contributed by atoms with Crippen LogP contribution in [0.3, 0.4) is 0 Å². The molecule has 0 aliphatic heterocycles. The van der Waals surface area contributed by atoms with Crippen molar-refractivity contribution in [3.63, 3.8) is 0 Å². The quantitative estimate of drug-likeness (QED) is 0.721. The highest BCUT2D eigenvalue weighted by Gasteiger charge is 2.04. The molecule has 1 aromatic rings. The molecule has 14 heavy (non-hydrogen) atoms. The molecule has 0 bridgehead atoms. The molecular formula is C10H19N3O. The van der Waals surface area contributed by atoms with Gasteiger partial charge in [0.1, 0.15) is 0 Å². The number of imidazole rings is 1. The van der Waals surface area contributed by atoms with Crippen LogP contribution in [0.25, 0.3) is 0 Å². The minimum absolute atomic E-state index is 0.464.